The van der Waals surface area contributed by atoms with E-state index in [0.29, 0.717) is 22.0 Å². The normalized spacial score (nSPS) is 16.6. The Morgan fingerprint density at radius 3 is 2.96 bits per heavy atom. The number of nitriles is 1. The highest BCUT2D eigenvalue weighted by atomic mass is 35.5. The molecule has 6 nitrogen and oxygen atoms in total. The Bertz CT molecular complexity index is 1080. The van der Waals surface area contributed by atoms with Crippen molar-refractivity contribution in [1.82, 2.24) is 10.1 Å². The standard InChI is InChI=1S/C19H12ClFN4O2/c20-14-4-5-15(21)16(8-14)25-10-13(7-17(25)26)18-23-19(27-24-18)12-3-1-2-11(6-12)9-22/h1-6,8,13H,7,10H2. The Hall–Kier alpha value is -3.24. The summed E-state index contributed by atoms with van der Waals surface area (Å²) in [5.74, 6) is -0.449. The quantitative estimate of drug-likeness (QED) is 0.685. The molecule has 1 aliphatic heterocycles. The van der Waals surface area contributed by atoms with E-state index in [-0.39, 0.29) is 36.4 Å². The first-order valence-electron chi connectivity index (χ1n) is 8.14. The molecule has 0 bridgehead atoms. The summed E-state index contributed by atoms with van der Waals surface area (Å²) < 4.78 is 19.4. The first kappa shape index (κ1) is 17.2. The minimum atomic E-state index is -0.518. The second-order valence-electron chi connectivity index (χ2n) is 6.15. The summed E-state index contributed by atoms with van der Waals surface area (Å²) in [5, 5.41) is 13.3. The average molecular weight is 383 g/mol. The van der Waals surface area contributed by atoms with E-state index >= 15 is 0 Å². The zero-order valence-electron chi connectivity index (χ0n) is 13.9. The number of nitrogens with zero attached hydrogens (tertiary/aromatic N) is 4. The van der Waals surface area contributed by atoms with Gasteiger partial charge in [0, 0.05) is 29.5 Å². The molecular formula is C19H12ClFN4O2. The van der Waals surface area contributed by atoms with E-state index in [4.69, 9.17) is 21.4 Å². The van der Waals surface area contributed by atoms with Crippen molar-refractivity contribution in [3.63, 3.8) is 0 Å². The molecule has 0 aliphatic carbocycles. The molecule has 1 atom stereocenters. The average Bonchev–Trinajstić information content (AvgIpc) is 3.31. The van der Waals surface area contributed by atoms with E-state index in [1.807, 2.05) is 0 Å². The van der Waals surface area contributed by atoms with Crippen LogP contribution in [0.2, 0.25) is 5.02 Å². The maximum Gasteiger partial charge on any atom is 0.257 e. The molecule has 1 aromatic heterocycles. The van der Waals surface area contributed by atoms with Gasteiger partial charge in [-0.1, -0.05) is 22.8 Å². The molecule has 1 saturated heterocycles. The zero-order valence-corrected chi connectivity index (χ0v) is 14.7. The van der Waals surface area contributed by atoms with Gasteiger partial charge in [0.2, 0.25) is 5.91 Å². The maximum atomic E-state index is 14.1. The van der Waals surface area contributed by atoms with Crippen LogP contribution in [0.25, 0.3) is 11.5 Å². The molecule has 2 heterocycles. The van der Waals surface area contributed by atoms with Crippen LogP contribution in [-0.4, -0.2) is 22.6 Å². The third-order valence-electron chi connectivity index (χ3n) is 4.37. The zero-order chi connectivity index (χ0) is 19.0. The van der Waals surface area contributed by atoms with Crippen molar-refractivity contribution in [1.29, 1.82) is 5.26 Å². The number of benzene rings is 2. The molecule has 1 unspecified atom stereocenters. The van der Waals surface area contributed by atoms with Crippen molar-refractivity contribution in [2.45, 2.75) is 12.3 Å². The number of halogens is 2. The Morgan fingerprint density at radius 1 is 1.30 bits per heavy atom. The van der Waals surface area contributed by atoms with Crippen molar-refractivity contribution in [2.75, 3.05) is 11.4 Å². The van der Waals surface area contributed by atoms with Gasteiger partial charge in [0.05, 0.1) is 17.3 Å². The molecule has 0 radical (unpaired) electrons. The highest BCUT2D eigenvalue weighted by Crippen LogP contribution is 2.34. The van der Waals surface area contributed by atoms with Crippen molar-refractivity contribution in [3.8, 4) is 17.5 Å². The number of hydrogen-bond donors (Lipinski definition) is 0. The first-order valence-corrected chi connectivity index (χ1v) is 8.52. The van der Waals surface area contributed by atoms with Crippen molar-refractivity contribution >= 4 is 23.2 Å². The topological polar surface area (TPSA) is 83.0 Å². The van der Waals surface area contributed by atoms with Crippen LogP contribution in [0.5, 0.6) is 0 Å². The summed E-state index contributed by atoms with van der Waals surface area (Å²) in [5.41, 5.74) is 1.24. The molecule has 4 rings (SSSR count). The van der Waals surface area contributed by atoms with Gasteiger partial charge in [-0.05, 0) is 36.4 Å². The monoisotopic (exact) mass is 382 g/mol. The number of aromatic nitrogens is 2. The van der Waals surface area contributed by atoms with Gasteiger partial charge >= 0.3 is 0 Å². The van der Waals surface area contributed by atoms with Crippen LogP contribution in [0, 0.1) is 17.1 Å². The number of hydrogen-bond acceptors (Lipinski definition) is 5. The van der Waals surface area contributed by atoms with E-state index in [9.17, 15) is 9.18 Å². The molecule has 27 heavy (non-hydrogen) atoms. The van der Waals surface area contributed by atoms with Crippen LogP contribution in [0.15, 0.2) is 47.0 Å². The molecule has 1 fully saturated rings. The molecule has 0 saturated carbocycles. The predicted octanol–water partition coefficient (Wildman–Crippen LogP) is 3.92. The number of anilines is 1. The second kappa shape index (κ2) is 6.82. The van der Waals surface area contributed by atoms with E-state index in [1.54, 1.807) is 24.3 Å². The van der Waals surface area contributed by atoms with Crippen LogP contribution in [0.1, 0.15) is 23.7 Å². The van der Waals surface area contributed by atoms with Gasteiger partial charge in [-0.3, -0.25) is 4.79 Å². The van der Waals surface area contributed by atoms with Crippen molar-refractivity contribution in [3.05, 3.63) is 64.7 Å². The minimum absolute atomic E-state index is 0.139. The fourth-order valence-electron chi connectivity index (χ4n) is 3.05. The Balaban J connectivity index is 1.59. The molecule has 1 amide bonds. The Labute approximate surface area is 158 Å². The lowest BCUT2D eigenvalue weighted by Gasteiger charge is -2.17. The molecular weight excluding hydrogens is 371 g/mol. The lowest BCUT2D eigenvalue weighted by Crippen LogP contribution is -2.25. The van der Waals surface area contributed by atoms with E-state index < -0.39 is 5.82 Å². The van der Waals surface area contributed by atoms with Crippen LogP contribution in [0.3, 0.4) is 0 Å². The second-order valence-corrected chi connectivity index (χ2v) is 6.59. The third-order valence-corrected chi connectivity index (χ3v) is 4.60. The van der Waals surface area contributed by atoms with Gasteiger partial charge in [0.25, 0.3) is 5.89 Å². The number of carbonyl (C=O) groups is 1. The van der Waals surface area contributed by atoms with Crippen LogP contribution in [0.4, 0.5) is 10.1 Å². The van der Waals surface area contributed by atoms with Gasteiger partial charge in [0.15, 0.2) is 5.82 Å². The molecule has 3 aromatic rings. The first-order chi connectivity index (χ1) is 13.0. The van der Waals surface area contributed by atoms with Crippen LogP contribution >= 0.6 is 11.6 Å². The van der Waals surface area contributed by atoms with Gasteiger partial charge in [-0.25, -0.2) is 4.39 Å². The smallest absolute Gasteiger partial charge is 0.257 e. The highest BCUT2D eigenvalue weighted by molar-refractivity contribution is 6.31. The maximum absolute atomic E-state index is 14.1. The van der Waals surface area contributed by atoms with Gasteiger partial charge in [0.1, 0.15) is 5.82 Å². The van der Waals surface area contributed by atoms with Gasteiger partial charge in [-0.2, -0.15) is 10.2 Å². The summed E-state index contributed by atoms with van der Waals surface area (Å²) in [6, 6.07) is 12.9. The van der Waals surface area contributed by atoms with Gasteiger partial charge < -0.3 is 9.42 Å². The summed E-state index contributed by atoms with van der Waals surface area (Å²) >= 11 is 5.92. The molecule has 2 aromatic carbocycles. The SMILES string of the molecule is N#Cc1cccc(-c2nc(C3CC(=O)N(c4cc(Cl)ccc4F)C3)no2)c1. The van der Waals surface area contributed by atoms with E-state index in [1.165, 1.54) is 23.1 Å². The molecule has 0 N–H and O–H groups in total. The lowest BCUT2D eigenvalue weighted by atomic mass is 10.1. The highest BCUT2D eigenvalue weighted by Gasteiger charge is 2.35. The summed E-state index contributed by atoms with van der Waals surface area (Å²) in [6.45, 7) is 0.229. The van der Waals surface area contributed by atoms with Crippen molar-refractivity contribution < 1.29 is 13.7 Å². The van der Waals surface area contributed by atoms with Gasteiger partial charge in [-0.15, -0.1) is 0 Å². The van der Waals surface area contributed by atoms with E-state index in [0.717, 1.165) is 0 Å². The van der Waals surface area contributed by atoms with Crippen LogP contribution < -0.4 is 4.90 Å². The lowest BCUT2D eigenvalue weighted by molar-refractivity contribution is -0.117. The summed E-state index contributed by atoms with van der Waals surface area (Å²) in [6.07, 6.45) is 0.142. The minimum Gasteiger partial charge on any atom is -0.334 e. The number of amides is 1. The molecule has 0 spiro atoms. The molecule has 134 valence electrons. The summed E-state index contributed by atoms with van der Waals surface area (Å²) in [7, 11) is 0. The summed E-state index contributed by atoms with van der Waals surface area (Å²) in [4.78, 5) is 18.1. The predicted molar refractivity (Wildman–Crippen MR) is 95.6 cm³/mol. The molecule has 8 heteroatoms. The van der Waals surface area contributed by atoms with Crippen molar-refractivity contribution in [2.24, 2.45) is 0 Å². The largest absolute Gasteiger partial charge is 0.334 e. The number of rotatable bonds is 3. The van der Waals surface area contributed by atoms with Crippen LogP contribution in [-0.2, 0) is 4.79 Å². The third kappa shape index (κ3) is 3.27. The fourth-order valence-corrected chi connectivity index (χ4v) is 3.21. The number of carbonyl (C=O) groups excluding carboxylic acids is 1. The fraction of sp³-hybridized carbons (Fsp3) is 0.158. The Morgan fingerprint density at radius 2 is 2.15 bits per heavy atom. The van der Waals surface area contributed by atoms with E-state index in [2.05, 4.69) is 16.2 Å². The molecule has 1 aliphatic rings. The Kier molecular flexibility index (Phi) is 4.34.